The smallest absolute Gasteiger partial charge is 0.159 e. The first-order chi connectivity index (χ1) is 37.0. The van der Waals surface area contributed by atoms with Gasteiger partial charge in [-0.25, -0.2) is 9.97 Å². The lowest BCUT2D eigenvalue weighted by Crippen LogP contribution is -2.08. The second kappa shape index (κ2) is 17.5. The third-order valence-electron chi connectivity index (χ3n) is 17.6. The first kappa shape index (κ1) is 48.1. The molecule has 0 saturated carbocycles. The Bertz CT molecular complexity index is 4310. The fourth-order valence-electron chi connectivity index (χ4n) is 13.2. The number of benzene rings is 9. The van der Waals surface area contributed by atoms with Gasteiger partial charge in [0.15, 0.2) is 5.82 Å². The molecule has 13 rings (SSSR count). The van der Waals surface area contributed by atoms with Crippen LogP contribution in [0.4, 0.5) is 0 Å². The van der Waals surface area contributed by atoms with Crippen molar-refractivity contribution in [1.29, 1.82) is 0 Å². The molecule has 0 aliphatic rings. The molecule has 0 unspecified atom stereocenters. The van der Waals surface area contributed by atoms with E-state index in [1.165, 1.54) is 132 Å². The van der Waals surface area contributed by atoms with Crippen LogP contribution in [0.15, 0.2) is 140 Å². The molecule has 0 fully saturated rings. The zero-order valence-corrected chi connectivity index (χ0v) is 47.0. The Balaban J connectivity index is 1.29. The van der Waals surface area contributed by atoms with Crippen molar-refractivity contribution in [2.45, 2.75) is 96.9 Å². The monoisotopic (exact) mass is 1000 g/mol. The van der Waals surface area contributed by atoms with E-state index in [-0.39, 0.29) is 0 Å². The van der Waals surface area contributed by atoms with Crippen LogP contribution in [-0.4, -0.2) is 23.7 Å². The number of nitrogens with zero attached hydrogens (tertiary/aromatic N) is 5. The number of fused-ring (bicyclic) bond motifs is 9. The SMILES string of the molecule is Cc1ccc2c(c1)c1cc(C)ccc1n2-c1ccccc1-c1cc(-c2nc(C)cc(C)n2)cc(-c2ccccc2-n2c3ccc(C)cc3c3cc(C)ccc32)c1-n1c2c(C)c(C)c(C)c(C)c2c2c(C)c(C)c(C)c(C)c21. The summed E-state index contributed by atoms with van der Waals surface area (Å²) in [4.78, 5) is 10.5. The van der Waals surface area contributed by atoms with Crippen molar-refractivity contribution in [3.8, 4) is 50.7 Å². The molecule has 5 heteroatoms. The number of rotatable bonds is 6. The van der Waals surface area contributed by atoms with Gasteiger partial charge in [-0.3, -0.25) is 0 Å². The van der Waals surface area contributed by atoms with Gasteiger partial charge < -0.3 is 13.7 Å². The quantitative estimate of drug-likeness (QED) is 0.167. The normalized spacial score (nSPS) is 12.0. The molecular formula is C72H65N5. The predicted octanol–water partition coefficient (Wildman–Crippen LogP) is 19.1. The molecule has 0 atom stereocenters. The van der Waals surface area contributed by atoms with Crippen molar-refractivity contribution in [1.82, 2.24) is 23.7 Å². The fourth-order valence-corrected chi connectivity index (χ4v) is 13.2. The minimum Gasteiger partial charge on any atom is -0.309 e. The minimum atomic E-state index is 0.705. The molecule has 9 aromatic carbocycles. The lowest BCUT2D eigenvalue weighted by Gasteiger charge is -2.25. The fraction of sp³-hybridized carbons (Fsp3) is 0.194. The maximum absolute atomic E-state index is 5.27. The summed E-state index contributed by atoms with van der Waals surface area (Å²) in [5, 5.41) is 7.64. The van der Waals surface area contributed by atoms with E-state index in [0.29, 0.717) is 5.82 Å². The third-order valence-corrected chi connectivity index (χ3v) is 17.6. The highest BCUT2D eigenvalue weighted by Crippen LogP contribution is 2.51. The summed E-state index contributed by atoms with van der Waals surface area (Å²) in [7, 11) is 0. The van der Waals surface area contributed by atoms with Gasteiger partial charge in [0.1, 0.15) is 0 Å². The minimum absolute atomic E-state index is 0.705. The van der Waals surface area contributed by atoms with Crippen molar-refractivity contribution >= 4 is 65.4 Å². The van der Waals surface area contributed by atoms with Crippen molar-refractivity contribution < 1.29 is 0 Å². The van der Waals surface area contributed by atoms with Crippen LogP contribution in [0, 0.1) is 96.9 Å². The summed E-state index contributed by atoms with van der Waals surface area (Å²) < 4.78 is 7.72. The van der Waals surface area contributed by atoms with E-state index in [1.54, 1.807) is 0 Å². The molecular weight excluding hydrogens is 935 g/mol. The molecule has 4 aromatic heterocycles. The maximum Gasteiger partial charge on any atom is 0.159 e. The first-order valence-electron chi connectivity index (χ1n) is 27.2. The molecule has 5 nitrogen and oxygen atoms in total. The van der Waals surface area contributed by atoms with Gasteiger partial charge in [0, 0.05) is 71.5 Å². The third kappa shape index (κ3) is 7.12. The van der Waals surface area contributed by atoms with E-state index in [4.69, 9.17) is 9.97 Å². The number of hydrogen-bond donors (Lipinski definition) is 0. The molecule has 77 heavy (non-hydrogen) atoms. The summed E-state index contributed by atoms with van der Waals surface area (Å²) in [6, 6.07) is 52.8. The van der Waals surface area contributed by atoms with Gasteiger partial charge >= 0.3 is 0 Å². The summed E-state index contributed by atoms with van der Waals surface area (Å²) in [6.45, 7) is 31.6. The van der Waals surface area contributed by atoms with Crippen LogP contribution < -0.4 is 0 Å². The molecule has 13 aromatic rings. The molecule has 0 bridgehead atoms. The molecule has 378 valence electrons. The van der Waals surface area contributed by atoms with Crippen LogP contribution in [0.25, 0.3) is 116 Å². The summed E-state index contributed by atoms with van der Waals surface area (Å²) in [6.07, 6.45) is 0. The largest absolute Gasteiger partial charge is 0.309 e. The van der Waals surface area contributed by atoms with Gasteiger partial charge in [-0.1, -0.05) is 82.9 Å². The molecule has 0 radical (unpaired) electrons. The molecule has 0 saturated heterocycles. The van der Waals surface area contributed by atoms with Crippen molar-refractivity contribution in [2.24, 2.45) is 0 Å². The Kier molecular flexibility index (Phi) is 10.9. The second-order valence-corrected chi connectivity index (χ2v) is 22.5. The summed E-state index contributed by atoms with van der Waals surface area (Å²) in [5.74, 6) is 0.705. The topological polar surface area (TPSA) is 40.6 Å². The zero-order valence-electron chi connectivity index (χ0n) is 47.0. The van der Waals surface area contributed by atoms with Crippen LogP contribution >= 0.6 is 0 Å². The average Bonchev–Trinajstić information content (AvgIpc) is 4.25. The van der Waals surface area contributed by atoms with E-state index in [1.807, 2.05) is 0 Å². The molecule has 4 heterocycles. The average molecular weight is 1000 g/mol. The van der Waals surface area contributed by atoms with Crippen molar-refractivity contribution in [3.63, 3.8) is 0 Å². The van der Waals surface area contributed by atoms with E-state index < -0.39 is 0 Å². The first-order valence-corrected chi connectivity index (χ1v) is 27.2. The number of para-hydroxylation sites is 2. The van der Waals surface area contributed by atoms with Crippen LogP contribution in [0.1, 0.15) is 78.1 Å². The lowest BCUT2D eigenvalue weighted by molar-refractivity contribution is 1.06. The van der Waals surface area contributed by atoms with Crippen molar-refractivity contribution in [3.05, 3.63) is 218 Å². The van der Waals surface area contributed by atoms with Crippen LogP contribution in [0.2, 0.25) is 0 Å². The van der Waals surface area contributed by atoms with Gasteiger partial charge in [0.2, 0.25) is 0 Å². The summed E-state index contributed by atoms with van der Waals surface area (Å²) >= 11 is 0. The molecule has 0 spiro atoms. The molecule has 0 aliphatic carbocycles. The Labute approximate surface area is 452 Å². The van der Waals surface area contributed by atoms with E-state index in [2.05, 4.69) is 250 Å². The van der Waals surface area contributed by atoms with Crippen LogP contribution in [-0.2, 0) is 0 Å². The number of aromatic nitrogens is 5. The van der Waals surface area contributed by atoms with Crippen molar-refractivity contribution in [2.75, 3.05) is 0 Å². The molecule has 0 amide bonds. The Morgan fingerprint density at radius 2 is 0.636 bits per heavy atom. The standard InChI is InChI=1S/C72H65N5/c1-38-23-27-63-55(31-38)56-32-39(2)24-28-64(56)75(63)61-21-17-15-19-53(61)59-36-52(72-73-42(5)35-43(6)74-72)37-60(54-20-16-18-22-62(54)76-65-29-25-40(3)33-57(65)58-34-41(4)26-30-66(58)76)71(59)77-69-50(13)46(9)44(7)48(11)67(69)68-49(12)45(8)47(10)51(14)70(68)77/h15-37H,1-14H3. The highest BCUT2D eigenvalue weighted by atomic mass is 15.0. The van der Waals surface area contributed by atoms with Crippen LogP contribution in [0.3, 0.4) is 0 Å². The van der Waals surface area contributed by atoms with Gasteiger partial charge in [-0.15, -0.1) is 0 Å². The van der Waals surface area contributed by atoms with E-state index >= 15 is 0 Å². The molecule has 0 aliphatic heterocycles. The van der Waals surface area contributed by atoms with E-state index in [9.17, 15) is 0 Å². The summed E-state index contributed by atoms with van der Waals surface area (Å²) in [5.41, 5.74) is 33.3. The Morgan fingerprint density at radius 1 is 0.299 bits per heavy atom. The van der Waals surface area contributed by atoms with Gasteiger partial charge in [0.25, 0.3) is 0 Å². The Hall–Kier alpha value is -8.54. The van der Waals surface area contributed by atoms with Crippen LogP contribution in [0.5, 0.6) is 0 Å². The van der Waals surface area contributed by atoms with Gasteiger partial charge in [0.05, 0.1) is 50.2 Å². The highest BCUT2D eigenvalue weighted by Gasteiger charge is 2.30. The predicted molar refractivity (Wildman–Crippen MR) is 328 cm³/mol. The lowest BCUT2D eigenvalue weighted by atomic mass is 9.90. The van der Waals surface area contributed by atoms with Gasteiger partial charge in [-0.2, -0.15) is 0 Å². The van der Waals surface area contributed by atoms with E-state index in [0.717, 1.165) is 56.3 Å². The zero-order chi connectivity index (χ0) is 53.6. The second-order valence-electron chi connectivity index (χ2n) is 22.5. The molecule has 0 N–H and O–H groups in total. The highest BCUT2D eigenvalue weighted by molar-refractivity contribution is 6.18. The maximum atomic E-state index is 5.27. The Morgan fingerprint density at radius 3 is 1.00 bits per heavy atom. The number of aryl methyl sites for hydroxylation is 10. The van der Waals surface area contributed by atoms with Gasteiger partial charge in [-0.05, 0) is 220 Å². The number of hydrogen-bond acceptors (Lipinski definition) is 2.